The number of halogens is 1. The molecule has 1 atom stereocenters. The standard InChI is InChI=1S/C20H25FN2O3S2/c1-15-5-4-6-17(13-15)14-27-12-11-22-20(24)16(2)23(28(3,25)26)19-9-7-18(21)8-10-19/h4-10,13,16H,11-12,14H2,1-3H3,(H,22,24)/t16-/m0/s1. The Morgan fingerprint density at radius 3 is 2.50 bits per heavy atom. The molecular weight excluding hydrogens is 399 g/mol. The van der Waals surface area contributed by atoms with E-state index in [1.165, 1.54) is 42.3 Å². The molecule has 0 fully saturated rings. The lowest BCUT2D eigenvalue weighted by atomic mass is 10.2. The van der Waals surface area contributed by atoms with Crippen LogP contribution in [0.2, 0.25) is 0 Å². The van der Waals surface area contributed by atoms with Gasteiger partial charge in [-0.25, -0.2) is 12.8 Å². The maximum absolute atomic E-state index is 13.1. The first-order valence-electron chi connectivity index (χ1n) is 8.84. The molecule has 1 N–H and O–H groups in total. The van der Waals surface area contributed by atoms with Gasteiger partial charge < -0.3 is 5.32 Å². The molecule has 0 aliphatic carbocycles. The molecule has 0 unspecified atom stereocenters. The molecule has 0 aliphatic heterocycles. The Morgan fingerprint density at radius 2 is 1.89 bits per heavy atom. The lowest BCUT2D eigenvalue weighted by Gasteiger charge is -2.28. The van der Waals surface area contributed by atoms with E-state index < -0.39 is 27.8 Å². The summed E-state index contributed by atoms with van der Waals surface area (Å²) in [6.45, 7) is 3.99. The van der Waals surface area contributed by atoms with Crippen molar-refractivity contribution < 1.29 is 17.6 Å². The zero-order chi connectivity index (χ0) is 20.7. The Hall–Kier alpha value is -2.06. The Labute approximate surface area is 170 Å². The fourth-order valence-electron chi connectivity index (χ4n) is 2.78. The average Bonchev–Trinajstić information content (AvgIpc) is 2.62. The zero-order valence-corrected chi connectivity index (χ0v) is 17.8. The van der Waals surface area contributed by atoms with Crippen LogP contribution in [0, 0.1) is 12.7 Å². The number of carbonyl (C=O) groups is 1. The molecule has 0 bridgehead atoms. The van der Waals surface area contributed by atoms with Gasteiger partial charge in [-0.15, -0.1) is 0 Å². The summed E-state index contributed by atoms with van der Waals surface area (Å²) in [5.74, 6) is 0.686. The summed E-state index contributed by atoms with van der Waals surface area (Å²) >= 11 is 1.69. The number of nitrogens with one attached hydrogen (secondary N) is 1. The van der Waals surface area contributed by atoms with Crippen molar-refractivity contribution in [1.29, 1.82) is 0 Å². The Bertz CT molecular complexity index is 902. The minimum Gasteiger partial charge on any atom is -0.353 e. The number of amides is 1. The third kappa shape index (κ3) is 6.53. The second-order valence-corrected chi connectivity index (χ2v) is 9.51. The van der Waals surface area contributed by atoms with Gasteiger partial charge in [0.1, 0.15) is 11.9 Å². The van der Waals surface area contributed by atoms with Crippen LogP contribution in [0.5, 0.6) is 0 Å². The fourth-order valence-corrected chi connectivity index (χ4v) is 4.76. The first kappa shape index (κ1) is 22.2. The SMILES string of the molecule is Cc1cccc(CSCCNC(=O)[C@H](C)N(c2ccc(F)cc2)S(C)(=O)=O)c1. The van der Waals surface area contributed by atoms with Crippen molar-refractivity contribution in [2.75, 3.05) is 22.9 Å². The maximum Gasteiger partial charge on any atom is 0.243 e. The van der Waals surface area contributed by atoms with Crippen molar-refractivity contribution in [3.05, 3.63) is 65.5 Å². The van der Waals surface area contributed by atoms with Crippen molar-refractivity contribution in [2.24, 2.45) is 0 Å². The predicted octanol–water partition coefficient (Wildman–Crippen LogP) is 3.34. The molecule has 0 aliphatic rings. The highest BCUT2D eigenvalue weighted by Crippen LogP contribution is 2.21. The lowest BCUT2D eigenvalue weighted by Crippen LogP contribution is -2.48. The number of hydrogen-bond donors (Lipinski definition) is 1. The molecule has 0 radical (unpaired) electrons. The van der Waals surface area contributed by atoms with Crippen LogP contribution in [0.3, 0.4) is 0 Å². The van der Waals surface area contributed by atoms with E-state index in [1.807, 2.05) is 19.1 Å². The number of thioether (sulfide) groups is 1. The van der Waals surface area contributed by atoms with Crippen LogP contribution in [0.25, 0.3) is 0 Å². The van der Waals surface area contributed by atoms with Gasteiger partial charge in [-0.2, -0.15) is 11.8 Å². The molecule has 2 aromatic carbocycles. The summed E-state index contributed by atoms with van der Waals surface area (Å²) in [7, 11) is -3.71. The quantitative estimate of drug-likeness (QED) is 0.627. The normalized spacial score (nSPS) is 12.4. The Kier molecular flexibility index (Phi) is 7.88. The van der Waals surface area contributed by atoms with Gasteiger partial charge in [0, 0.05) is 18.1 Å². The molecule has 0 aromatic heterocycles. The minimum atomic E-state index is -3.71. The molecule has 0 spiro atoms. The number of hydrogen-bond acceptors (Lipinski definition) is 4. The van der Waals surface area contributed by atoms with Gasteiger partial charge in [-0.3, -0.25) is 9.10 Å². The van der Waals surface area contributed by atoms with E-state index in [0.29, 0.717) is 12.3 Å². The summed E-state index contributed by atoms with van der Waals surface area (Å²) in [6.07, 6.45) is 1.03. The average molecular weight is 425 g/mol. The van der Waals surface area contributed by atoms with Gasteiger partial charge >= 0.3 is 0 Å². The molecule has 8 heteroatoms. The van der Waals surface area contributed by atoms with Crippen molar-refractivity contribution in [3.63, 3.8) is 0 Å². The highest BCUT2D eigenvalue weighted by molar-refractivity contribution is 7.98. The molecule has 0 saturated carbocycles. The van der Waals surface area contributed by atoms with E-state index in [1.54, 1.807) is 11.8 Å². The maximum atomic E-state index is 13.1. The first-order valence-corrected chi connectivity index (χ1v) is 11.8. The first-order chi connectivity index (χ1) is 13.2. The van der Waals surface area contributed by atoms with Crippen LogP contribution in [0.15, 0.2) is 48.5 Å². The van der Waals surface area contributed by atoms with Gasteiger partial charge in [0.2, 0.25) is 15.9 Å². The summed E-state index contributed by atoms with van der Waals surface area (Å²) in [6, 6.07) is 12.3. The van der Waals surface area contributed by atoms with Gasteiger partial charge in [-0.05, 0) is 43.7 Å². The van der Waals surface area contributed by atoms with Crippen molar-refractivity contribution in [3.8, 4) is 0 Å². The van der Waals surface area contributed by atoms with Crippen molar-refractivity contribution in [1.82, 2.24) is 5.32 Å². The second kappa shape index (κ2) is 9.93. The molecule has 2 rings (SSSR count). The third-order valence-corrected chi connectivity index (χ3v) is 6.34. The number of aryl methyl sites for hydroxylation is 1. The van der Waals surface area contributed by atoms with Crippen LogP contribution in [0.4, 0.5) is 10.1 Å². The van der Waals surface area contributed by atoms with Crippen molar-refractivity contribution in [2.45, 2.75) is 25.6 Å². The highest BCUT2D eigenvalue weighted by Gasteiger charge is 2.28. The molecule has 2 aromatic rings. The van der Waals surface area contributed by atoms with E-state index in [2.05, 4.69) is 17.4 Å². The second-order valence-electron chi connectivity index (χ2n) is 6.54. The minimum absolute atomic E-state index is 0.250. The monoisotopic (exact) mass is 424 g/mol. The highest BCUT2D eigenvalue weighted by atomic mass is 32.2. The fraction of sp³-hybridized carbons (Fsp3) is 0.350. The van der Waals surface area contributed by atoms with Crippen LogP contribution >= 0.6 is 11.8 Å². The smallest absolute Gasteiger partial charge is 0.243 e. The van der Waals surface area contributed by atoms with Crippen molar-refractivity contribution >= 4 is 33.4 Å². The number of rotatable bonds is 9. The van der Waals surface area contributed by atoms with E-state index in [4.69, 9.17) is 0 Å². The number of nitrogens with zero attached hydrogens (tertiary/aromatic N) is 1. The van der Waals surface area contributed by atoms with Crippen LogP contribution < -0.4 is 9.62 Å². The summed E-state index contributed by atoms with van der Waals surface area (Å²) in [5.41, 5.74) is 2.69. The molecule has 152 valence electrons. The summed E-state index contributed by atoms with van der Waals surface area (Å²) < 4.78 is 38.5. The summed E-state index contributed by atoms with van der Waals surface area (Å²) in [5, 5.41) is 2.77. The van der Waals surface area contributed by atoms with Gasteiger partial charge in [0.15, 0.2) is 0 Å². The number of carbonyl (C=O) groups excluding carboxylic acids is 1. The van der Waals surface area contributed by atoms with E-state index in [9.17, 15) is 17.6 Å². The topological polar surface area (TPSA) is 66.5 Å². The zero-order valence-electron chi connectivity index (χ0n) is 16.2. The van der Waals surface area contributed by atoms with Gasteiger partial charge in [0.25, 0.3) is 0 Å². The van der Waals surface area contributed by atoms with Crippen LogP contribution in [-0.2, 0) is 20.6 Å². The number of benzene rings is 2. The molecular formula is C20H25FN2O3S2. The summed E-state index contributed by atoms with van der Waals surface area (Å²) in [4.78, 5) is 12.4. The number of anilines is 1. The van der Waals surface area contributed by atoms with Gasteiger partial charge in [-0.1, -0.05) is 29.8 Å². The van der Waals surface area contributed by atoms with E-state index in [0.717, 1.165) is 16.3 Å². The predicted molar refractivity (Wildman–Crippen MR) is 114 cm³/mol. The molecule has 0 heterocycles. The van der Waals surface area contributed by atoms with E-state index >= 15 is 0 Å². The molecule has 1 amide bonds. The van der Waals surface area contributed by atoms with Crippen LogP contribution in [0.1, 0.15) is 18.1 Å². The third-order valence-electron chi connectivity index (χ3n) is 4.07. The molecule has 5 nitrogen and oxygen atoms in total. The largest absolute Gasteiger partial charge is 0.353 e. The van der Waals surface area contributed by atoms with E-state index in [-0.39, 0.29) is 5.69 Å². The van der Waals surface area contributed by atoms with Gasteiger partial charge in [0.05, 0.1) is 11.9 Å². The Balaban J connectivity index is 1.89. The Morgan fingerprint density at radius 1 is 1.21 bits per heavy atom. The van der Waals surface area contributed by atoms with Crippen LogP contribution in [-0.4, -0.2) is 38.9 Å². The number of sulfonamides is 1. The molecule has 28 heavy (non-hydrogen) atoms. The molecule has 0 saturated heterocycles. The lowest BCUT2D eigenvalue weighted by molar-refractivity contribution is -0.121.